The first-order valence-electron chi connectivity index (χ1n) is 8.06. The molecule has 1 atom stereocenters. The van der Waals surface area contributed by atoms with Crippen LogP contribution in [0.15, 0.2) is 18.3 Å². The number of hydrogen-bond acceptors (Lipinski definition) is 4. The van der Waals surface area contributed by atoms with Crippen LogP contribution in [-0.4, -0.2) is 67.1 Å². The highest BCUT2D eigenvalue weighted by molar-refractivity contribution is 5.94. The third-order valence-electron chi connectivity index (χ3n) is 4.74. The Morgan fingerprint density at radius 2 is 2.18 bits per heavy atom. The normalized spacial score (nSPS) is 26.9. The minimum absolute atomic E-state index is 0.0806. The van der Waals surface area contributed by atoms with Crippen molar-refractivity contribution in [2.45, 2.75) is 19.8 Å². The van der Waals surface area contributed by atoms with Gasteiger partial charge in [0.25, 0.3) is 5.91 Å². The lowest BCUT2D eigenvalue weighted by atomic mass is 9.80. The fourth-order valence-electron chi connectivity index (χ4n) is 3.61. The fraction of sp³-hybridized carbons (Fsp3) is 0.647. The number of carbonyl (C=O) groups excluding carboxylic acids is 1. The van der Waals surface area contributed by atoms with Gasteiger partial charge in [-0.3, -0.25) is 9.78 Å². The summed E-state index contributed by atoms with van der Waals surface area (Å²) in [7, 11) is 2.14. The molecule has 0 saturated carbocycles. The van der Waals surface area contributed by atoms with E-state index in [1.807, 2.05) is 24.0 Å². The van der Waals surface area contributed by atoms with Gasteiger partial charge < -0.3 is 14.5 Å². The molecule has 0 bridgehead atoms. The second-order valence-corrected chi connectivity index (χ2v) is 6.81. The van der Waals surface area contributed by atoms with E-state index < -0.39 is 0 Å². The van der Waals surface area contributed by atoms with Gasteiger partial charge >= 0.3 is 0 Å². The van der Waals surface area contributed by atoms with Crippen LogP contribution in [0.3, 0.4) is 0 Å². The zero-order valence-corrected chi connectivity index (χ0v) is 13.5. The Bertz CT molecular complexity index is 531. The number of nitrogens with zero attached hydrogens (tertiary/aromatic N) is 3. The number of likely N-dealkylation sites (tertiary alicyclic amines) is 1. The maximum atomic E-state index is 12.7. The van der Waals surface area contributed by atoms with Crippen LogP contribution >= 0.6 is 0 Å². The van der Waals surface area contributed by atoms with E-state index in [0.717, 1.165) is 57.9 Å². The maximum absolute atomic E-state index is 12.7. The van der Waals surface area contributed by atoms with Crippen molar-refractivity contribution in [3.8, 4) is 0 Å². The van der Waals surface area contributed by atoms with Crippen molar-refractivity contribution in [2.24, 2.45) is 5.41 Å². The van der Waals surface area contributed by atoms with Crippen LogP contribution in [0.25, 0.3) is 0 Å². The van der Waals surface area contributed by atoms with E-state index >= 15 is 0 Å². The van der Waals surface area contributed by atoms with Gasteiger partial charge in [0.2, 0.25) is 0 Å². The monoisotopic (exact) mass is 303 g/mol. The molecule has 1 spiro atoms. The number of hydrogen-bond donors (Lipinski definition) is 0. The van der Waals surface area contributed by atoms with Crippen molar-refractivity contribution in [2.75, 3.05) is 46.4 Å². The molecule has 5 heteroatoms. The van der Waals surface area contributed by atoms with Gasteiger partial charge in [-0.15, -0.1) is 0 Å². The van der Waals surface area contributed by atoms with E-state index in [4.69, 9.17) is 4.74 Å². The minimum Gasteiger partial charge on any atom is -0.379 e. The van der Waals surface area contributed by atoms with E-state index in [1.54, 1.807) is 6.20 Å². The highest BCUT2D eigenvalue weighted by atomic mass is 16.5. The maximum Gasteiger partial charge on any atom is 0.255 e. The summed E-state index contributed by atoms with van der Waals surface area (Å²) in [5.74, 6) is 0.0958. The number of ether oxygens (including phenoxy) is 1. The van der Waals surface area contributed by atoms with E-state index in [0.29, 0.717) is 5.56 Å². The molecule has 3 heterocycles. The molecule has 22 heavy (non-hydrogen) atoms. The lowest BCUT2D eigenvalue weighted by Gasteiger charge is -2.43. The number of likely N-dealkylation sites (N-methyl/N-ethyl adjacent to an activating group) is 1. The quantitative estimate of drug-likeness (QED) is 0.790. The number of aryl methyl sites for hydroxylation is 1. The van der Waals surface area contributed by atoms with Crippen molar-refractivity contribution >= 4 is 5.91 Å². The Balaban J connectivity index is 1.74. The molecule has 0 radical (unpaired) electrons. The molecule has 120 valence electrons. The van der Waals surface area contributed by atoms with Gasteiger partial charge in [0.1, 0.15) is 0 Å². The van der Waals surface area contributed by atoms with Gasteiger partial charge in [-0.2, -0.15) is 0 Å². The second-order valence-electron chi connectivity index (χ2n) is 6.81. The Labute approximate surface area is 132 Å². The van der Waals surface area contributed by atoms with Crippen molar-refractivity contribution < 1.29 is 9.53 Å². The van der Waals surface area contributed by atoms with Crippen LogP contribution in [0.1, 0.15) is 28.9 Å². The molecule has 2 aliphatic rings. The lowest BCUT2D eigenvalue weighted by Crippen LogP contribution is -2.51. The summed E-state index contributed by atoms with van der Waals surface area (Å²) in [4.78, 5) is 21.3. The van der Waals surface area contributed by atoms with Crippen LogP contribution in [0.4, 0.5) is 0 Å². The first-order valence-corrected chi connectivity index (χ1v) is 8.06. The van der Waals surface area contributed by atoms with Crippen LogP contribution in [0, 0.1) is 12.3 Å². The summed E-state index contributed by atoms with van der Waals surface area (Å²) in [5, 5.41) is 0. The van der Waals surface area contributed by atoms with Crippen LogP contribution in [-0.2, 0) is 4.74 Å². The fourth-order valence-corrected chi connectivity index (χ4v) is 3.61. The second kappa shape index (κ2) is 6.34. The van der Waals surface area contributed by atoms with Crippen LogP contribution in [0.5, 0.6) is 0 Å². The predicted molar refractivity (Wildman–Crippen MR) is 84.9 cm³/mol. The first kappa shape index (κ1) is 15.4. The third-order valence-corrected chi connectivity index (χ3v) is 4.74. The van der Waals surface area contributed by atoms with Gasteiger partial charge in [-0.25, -0.2) is 0 Å². The Kier molecular flexibility index (Phi) is 4.45. The molecular weight excluding hydrogens is 278 g/mol. The average molecular weight is 303 g/mol. The predicted octanol–water partition coefficient (Wildman–Crippen LogP) is 1.57. The van der Waals surface area contributed by atoms with Crippen molar-refractivity contribution in [3.63, 3.8) is 0 Å². The molecule has 0 aliphatic carbocycles. The highest BCUT2D eigenvalue weighted by Gasteiger charge is 2.39. The smallest absolute Gasteiger partial charge is 0.255 e. The third kappa shape index (κ3) is 3.31. The molecule has 0 aromatic carbocycles. The van der Waals surface area contributed by atoms with Gasteiger partial charge in [0, 0.05) is 43.5 Å². The van der Waals surface area contributed by atoms with Gasteiger partial charge in [0.15, 0.2) is 0 Å². The number of aromatic nitrogens is 1. The summed E-state index contributed by atoms with van der Waals surface area (Å²) in [6.07, 6.45) is 3.87. The van der Waals surface area contributed by atoms with E-state index in [9.17, 15) is 4.79 Å². The van der Waals surface area contributed by atoms with E-state index in [1.165, 1.54) is 0 Å². The molecule has 1 aromatic heterocycles. The molecule has 0 N–H and O–H groups in total. The average Bonchev–Trinajstić information content (AvgIpc) is 2.69. The number of pyridine rings is 1. The zero-order valence-electron chi connectivity index (χ0n) is 13.5. The SMILES string of the molecule is Cc1ccc(C(=O)N2CCC[C@@]3(COCCN(C)C3)C2)cn1. The van der Waals surface area contributed by atoms with Gasteiger partial charge in [0.05, 0.1) is 18.8 Å². The summed E-state index contributed by atoms with van der Waals surface area (Å²) < 4.78 is 5.82. The Hall–Kier alpha value is -1.46. The molecule has 2 fully saturated rings. The van der Waals surface area contributed by atoms with Crippen molar-refractivity contribution in [1.29, 1.82) is 0 Å². The summed E-state index contributed by atoms with van der Waals surface area (Å²) >= 11 is 0. The first-order chi connectivity index (χ1) is 10.6. The zero-order chi connectivity index (χ0) is 15.6. The minimum atomic E-state index is 0.0806. The number of amides is 1. The highest BCUT2D eigenvalue weighted by Crippen LogP contribution is 2.33. The molecule has 2 saturated heterocycles. The van der Waals surface area contributed by atoms with Crippen LogP contribution in [0.2, 0.25) is 0 Å². The largest absolute Gasteiger partial charge is 0.379 e. The van der Waals surface area contributed by atoms with E-state index in [2.05, 4.69) is 16.9 Å². The molecule has 5 nitrogen and oxygen atoms in total. The lowest BCUT2D eigenvalue weighted by molar-refractivity contribution is 0.00859. The Morgan fingerprint density at radius 3 is 2.95 bits per heavy atom. The standard InChI is InChI=1S/C17H25N3O2/c1-14-4-5-15(10-18-14)16(21)20-7-3-6-17(12-20)11-19(2)8-9-22-13-17/h4-5,10H,3,6-9,11-13H2,1-2H3/t17-/m0/s1. The topological polar surface area (TPSA) is 45.7 Å². The van der Waals surface area contributed by atoms with Crippen LogP contribution < -0.4 is 0 Å². The van der Waals surface area contributed by atoms with Crippen molar-refractivity contribution in [1.82, 2.24) is 14.8 Å². The summed E-state index contributed by atoms with van der Waals surface area (Å²) in [6.45, 7) is 7.06. The van der Waals surface area contributed by atoms with Gasteiger partial charge in [-0.1, -0.05) is 0 Å². The Morgan fingerprint density at radius 1 is 1.32 bits per heavy atom. The van der Waals surface area contributed by atoms with Crippen molar-refractivity contribution in [3.05, 3.63) is 29.6 Å². The molecule has 1 aromatic rings. The number of piperidine rings is 1. The summed E-state index contributed by atoms with van der Waals surface area (Å²) in [6, 6.07) is 3.77. The van der Waals surface area contributed by atoms with E-state index in [-0.39, 0.29) is 11.3 Å². The molecule has 3 rings (SSSR count). The summed E-state index contributed by atoms with van der Waals surface area (Å²) in [5.41, 5.74) is 1.70. The molecular formula is C17H25N3O2. The molecule has 2 aliphatic heterocycles. The number of carbonyl (C=O) groups is 1. The number of rotatable bonds is 1. The molecule has 0 unspecified atom stereocenters. The van der Waals surface area contributed by atoms with Gasteiger partial charge in [-0.05, 0) is 38.9 Å². The molecule has 1 amide bonds.